The molecule has 8 nitrogen and oxygen atoms in total. The Kier molecular flexibility index (Phi) is 4.54. The summed E-state index contributed by atoms with van der Waals surface area (Å²) in [5.74, 6) is -2.09. The number of aliphatic carboxylic acids is 1. The summed E-state index contributed by atoms with van der Waals surface area (Å²) in [5, 5.41) is 19.6. The molecular formula is C11H12N2O6. The zero-order valence-corrected chi connectivity index (χ0v) is 10.0. The highest BCUT2D eigenvalue weighted by atomic mass is 16.6. The van der Waals surface area contributed by atoms with Crippen LogP contribution >= 0.6 is 0 Å². The minimum absolute atomic E-state index is 0.0470. The number of carboxylic acid groups (broad SMARTS) is 1. The van der Waals surface area contributed by atoms with Crippen LogP contribution in [-0.4, -0.2) is 35.1 Å². The normalized spacial score (nSPS) is 11.7. The molecule has 0 amide bonds. The number of hydrogen-bond donors (Lipinski definition) is 2. The number of nitrogens with two attached hydrogens (primary N) is 1. The number of esters is 1. The van der Waals surface area contributed by atoms with Gasteiger partial charge in [-0.25, -0.2) is 4.79 Å². The van der Waals surface area contributed by atoms with Gasteiger partial charge in [-0.05, 0) is 6.07 Å². The van der Waals surface area contributed by atoms with Crippen LogP contribution in [0.5, 0.6) is 0 Å². The van der Waals surface area contributed by atoms with E-state index in [1.165, 1.54) is 18.2 Å². The summed E-state index contributed by atoms with van der Waals surface area (Å²) < 4.78 is 4.50. The maximum Gasteiger partial charge on any atom is 0.338 e. The van der Waals surface area contributed by atoms with Gasteiger partial charge in [-0.1, -0.05) is 6.07 Å². The van der Waals surface area contributed by atoms with Crippen LogP contribution in [0.2, 0.25) is 0 Å². The highest BCUT2D eigenvalue weighted by molar-refractivity contribution is 5.92. The minimum Gasteiger partial charge on any atom is -0.480 e. The smallest absolute Gasteiger partial charge is 0.338 e. The van der Waals surface area contributed by atoms with E-state index < -0.39 is 22.9 Å². The third-order valence-corrected chi connectivity index (χ3v) is 2.49. The predicted octanol–water partition coefficient (Wildman–Crippen LogP) is 0.336. The summed E-state index contributed by atoms with van der Waals surface area (Å²) in [7, 11) is 1.13. The number of benzene rings is 1. The van der Waals surface area contributed by atoms with Crippen molar-refractivity contribution in [3.8, 4) is 0 Å². The summed E-state index contributed by atoms with van der Waals surface area (Å²) in [6.45, 7) is 0. The van der Waals surface area contributed by atoms with Crippen LogP contribution in [0.3, 0.4) is 0 Å². The SMILES string of the molecule is COC(=O)c1cccc([N+](=O)[O-])c1CC(N)C(=O)O. The second-order valence-corrected chi connectivity index (χ2v) is 3.70. The van der Waals surface area contributed by atoms with Gasteiger partial charge in [0.15, 0.2) is 0 Å². The molecule has 0 bridgehead atoms. The number of ether oxygens (including phenoxy) is 1. The molecule has 0 aromatic heterocycles. The topological polar surface area (TPSA) is 133 Å². The molecule has 1 aromatic rings. The van der Waals surface area contributed by atoms with Crippen LogP contribution in [0, 0.1) is 10.1 Å². The molecule has 0 radical (unpaired) electrons. The van der Waals surface area contributed by atoms with Crippen molar-refractivity contribution < 1.29 is 24.4 Å². The number of rotatable bonds is 5. The molecule has 0 spiro atoms. The van der Waals surface area contributed by atoms with Crippen molar-refractivity contribution in [2.45, 2.75) is 12.5 Å². The molecule has 1 rings (SSSR count). The van der Waals surface area contributed by atoms with Gasteiger partial charge >= 0.3 is 11.9 Å². The Morgan fingerprint density at radius 3 is 2.63 bits per heavy atom. The Morgan fingerprint density at radius 2 is 2.16 bits per heavy atom. The van der Waals surface area contributed by atoms with Crippen LogP contribution in [0.4, 0.5) is 5.69 Å². The van der Waals surface area contributed by atoms with E-state index in [0.29, 0.717) is 0 Å². The summed E-state index contributed by atoms with van der Waals surface area (Å²) in [4.78, 5) is 32.5. The molecule has 0 saturated carbocycles. The number of nitro groups is 1. The highest BCUT2D eigenvalue weighted by Gasteiger charge is 2.25. The number of carbonyl (C=O) groups excluding carboxylic acids is 1. The Bertz CT molecular complexity index is 528. The van der Waals surface area contributed by atoms with Crippen molar-refractivity contribution >= 4 is 17.6 Å². The van der Waals surface area contributed by atoms with Crippen LogP contribution in [0.25, 0.3) is 0 Å². The van der Waals surface area contributed by atoms with E-state index in [2.05, 4.69) is 4.74 Å². The summed E-state index contributed by atoms with van der Waals surface area (Å²) in [5.41, 5.74) is 4.88. The van der Waals surface area contributed by atoms with Crippen LogP contribution in [-0.2, 0) is 16.0 Å². The van der Waals surface area contributed by atoms with Crippen molar-refractivity contribution in [1.29, 1.82) is 0 Å². The molecule has 0 aliphatic heterocycles. The fourth-order valence-electron chi connectivity index (χ4n) is 1.57. The Balaban J connectivity index is 3.33. The lowest BCUT2D eigenvalue weighted by Gasteiger charge is -2.10. The second kappa shape index (κ2) is 5.91. The van der Waals surface area contributed by atoms with Gasteiger partial charge < -0.3 is 15.6 Å². The summed E-state index contributed by atoms with van der Waals surface area (Å²) >= 11 is 0. The van der Waals surface area contributed by atoms with Crippen molar-refractivity contribution in [3.05, 3.63) is 39.4 Å². The molecular weight excluding hydrogens is 256 g/mol. The van der Waals surface area contributed by atoms with E-state index in [-0.39, 0.29) is 23.2 Å². The molecule has 8 heteroatoms. The molecule has 102 valence electrons. The molecule has 0 heterocycles. The molecule has 0 fully saturated rings. The van der Waals surface area contributed by atoms with Gasteiger partial charge in [0, 0.05) is 18.1 Å². The summed E-state index contributed by atoms with van der Waals surface area (Å²) in [6.07, 6.45) is -0.336. The molecule has 1 unspecified atom stereocenters. The van der Waals surface area contributed by atoms with Crippen molar-refractivity contribution in [2.75, 3.05) is 7.11 Å². The van der Waals surface area contributed by atoms with Crippen LogP contribution in [0.1, 0.15) is 15.9 Å². The zero-order valence-electron chi connectivity index (χ0n) is 10.0. The Morgan fingerprint density at radius 1 is 1.53 bits per heavy atom. The lowest BCUT2D eigenvalue weighted by molar-refractivity contribution is -0.385. The average molecular weight is 268 g/mol. The predicted molar refractivity (Wildman–Crippen MR) is 63.8 cm³/mol. The third kappa shape index (κ3) is 3.26. The standard InChI is InChI=1S/C11H12N2O6/c1-19-11(16)6-3-2-4-9(13(17)18)7(6)5-8(12)10(14)15/h2-4,8H,5,12H2,1H3,(H,14,15). The van der Waals surface area contributed by atoms with Gasteiger partial charge in [-0.15, -0.1) is 0 Å². The van der Waals surface area contributed by atoms with Gasteiger partial charge in [-0.3, -0.25) is 14.9 Å². The average Bonchev–Trinajstić information content (AvgIpc) is 2.37. The molecule has 3 N–H and O–H groups in total. The largest absolute Gasteiger partial charge is 0.480 e. The van der Waals surface area contributed by atoms with E-state index in [0.717, 1.165) is 7.11 Å². The fourth-order valence-corrected chi connectivity index (χ4v) is 1.57. The lowest BCUT2D eigenvalue weighted by Crippen LogP contribution is -2.33. The molecule has 0 aliphatic carbocycles. The van der Waals surface area contributed by atoms with E-state index in [1.807, 2.05) is 0 Å². The van der Waals surface area contributed by atoms with E-state index in [1.54, 1.807) is 0 Å². The van der Waals surface area contributed by atoms with E-state index in [9.17, 15) is 19.7 Å². The van der Waals surface area contributed by atoms with Crippen LogP contribution < -0.4 is 5.73 Å². The van der Waals surface area contributed by atoms with Crippen molar-refractivity contribution in [1.82, 2.24) is 0 Å². The number of carboxylic acids is 1. The zero-order chi connectivity index (χ0) is 14.6. The van der Waals surface area contributed by atoms with E-state index >= 15 is 0 Å². The van der Waals surface area contributed by atoms with Crippen molar-refractivity contribution in [2.24, 2.45) is 5.73 Å². The van der Waals surface area contributed by atoms with Gasteiger partial charge in [0.05, 0.1) is 17.6 Å². The van der Waals surface area contributed by atoms with Crippen molar-refractivity contribution in [3.63, 3.8) is 0 Å². The molecule has 19 heavy (non-hydrogen) atoms. The van der Waals surface area contributed by atoms with Gasteiger partial charge in [-0.2, -0.15) is 0 Å². The van der Waals surface area contributed by atoms with Gasteiger partial charge in [0.25, 0.3) is 5.69 Å². The second-order valence-electron chi connectivity index (χ2n) is 3.70. The Labute approximate surface area is 107 Å². The minimum atomic E-state index is -1.34. The lowest BCUT2D eigenvalue weighted by atomic mass is 9.98. The first-order valence-corrected chi connectivity index (χ1v) is 5.21. The number of methoxy groups -OCH3 is 1. The molecule has 1 aromatic carbocycles. The molecule has 0 aliphatic rings. The van der Waals surface area contributed by atoms with E-state index in [4.69, 9.17) is 10.8 Å². The van der Waals surface area contributed by atoms with Gasteiger partial charge in [0.2, 0.25) is 0 Å². The number of hydrogen-bond acceptors (Lipinski definition) is 6. The first-order chi connectivity index (χ1) is 8.88. The monoisotopic (exact) mass is 268 g/mol. The quantitative estimate of drug-likeness (QED) is 0.446. The maximum atomic E-state index is 11.5. The first-order valence-electron chi connectivity index (χ1n) is 5.21. The number of nitro benzene ring substituents is 1. The molecule has 0 saturated heterocycles. The number of nitrogens with zero attached hydrogens (tertiary/aromatic N) is 1. The first kappa shape index (κ1) is 14.6. The Hall–Kier alpha value is -2.48. The highest BCUT2D eigenvalue weighted by Crippen LogP contribution is 2.24. The van der Waals surface area contributed by atoms with Gasteiger partial charge in [0.1, 0.15) is 6.04 Å². The van der Waals surface area contributed by atoms with Crippen LogP contribution in [0.15, 0.2) is 18.2 Å². The fraction of sp³-hybridized carbons (Fsp3) is 0.273. The summed E-state index contributed by atoms with van der Waals surface area (Å²) in [6, 6.07) is 2.48. The molecule has 1 atom stereocenters. The number of carbonyl (C=O) groups is 2. The maximum absolute atomic E-state index is 11.5. The third-order valence-electron chi connectivity index (χ3n) is 2.49.